The number of aryl methyl sites for hydroxylation is 1. The van der Waals surface area contributed by atoms with Gasteiger partial charge >= 0.3 is 5.97 Å². The highest BCUT2D eigenvalue weighted by molar-refractivity contribution is 9.10. The van der Waals surface area contributed by atoms with Gasteiger partial charge in [0.05, 0.1) is 5.69 Å². The molecule has 94 valence electrons. The lowest BCUT2D eigenvalue weighted by Gasteiger charge is -2.06. The van der Waals surface area contributed by atoms with Crippen molar-refractivity contribution in [2.24, 2.45) is 0 Å². The van der Waals surface area contributed by atoms with Crippen molar-refractivity contribution in [1.82, 2.24) is 9.78 Å². The van der Waals surface area contributed by atoms with Crippen molar-refractivity contribution in [1.29, 1.82) is 0 Å². The number of aromatic nitrogens is 2. The summed E-state index contributed by atoms with van der Waals surface area (Å²) in [4.78, 5) is 11.0. The van der Waals surface area contributed by atoms with Gasteiger partial charge in [0.25, 0.3) is 0 Å². The zero-order valence-corrected chi connectivity index (χ0v) is 11.5. The fraction of sp³-hybridized carbons (Fsp3) is 0.231. The molecule has 1 aromatic heterocycles. The summed E-state index contributed by atoms with van der Waals surface area (Å²) in [7, 11) is 0. The minimum Gasteiger partial charge on any atom is -0.476 e. The van der Waals surface area contributed by atoms with E-state index >= 15 is 0 Å². The molecule has 0 aliphatic heterocycles. The fourth-order valence-corrected chi connectivity index (χ4v) is 2.18. The lowest BCUT2D eigenvalue weighted by atomic mass is 10.2. The quantitative estimate of drug-likeness (QED) is 0.943. The predicted octanol–water partition coefficient (Wildman–Crippen LogP) is 3.29. The molecule has 1 aromatic carbocycles. The van der Waals surface area contributed by atoms with E-state index in [-0.39, 0.29) is 5.69 Å². The molecule has 0 spiro atoms. The minimum atomic E-state index is -0.999. The van der Waals surface area contributed by atoms with Gasteiger partial charge in [-0.3, -0.25) is 0 Å². The number of hydrogen-bond acceptors (Lipinski definition) is 2. The Labute approximate surface area is 113 Å². The molecular weight excluding hydrogens is 296 g/mol. The molecule has 2 rings (SSSR count). The molecule has 1 N–H and O–H groups in total. The van der Waals surface area contributed by atoms with E-state index in [1.807, 2.05) is 24.3 Å². The van der Waals surface area contributed by atoms with Crippen molar-refractivity contribution in [2.45, 2.75) is 19.8 Å². The smallest absolute Gasteiger partial charge is 0.356 e. The van der Waals surface area contributed by atoms with E-state index in [9.17, 15) is 4.79 Å². The van der Waals surface area contributed by atoms with Crippen LogP contribution in [0.4, 0.5) is 0 Å². The summed E-state index contributed by atoms with van der Waals surface area (Å²) in [6.07, 6.45) is 1.74. The number of carboxylic acid groups (broad SMARTS) is 1. The molecule has 0 radical (unpaired) electrons. The average Bonchev–Trinajstić information content (AvgIpc) is 2.74. The van der Waals surface area contributed by atoms with E-state index in [1.54, 1.807) is 10.7 Å². The highest BCUT2D eigenvalue weighted by Gasteiger charge is 2.13. The largest absolute Gasteiger partial charge is 0.476 e. The summed E-state index contributed by atoms with van der Waals surface area (Å²) < 4.78 is 2.63. The summed E-state index contributed by atoms with van der Waals surface area (Å²) in [5.41, 5.74) is 1.85. The first-order chi connectivity index (χ1) is 8.61. The molecule has 0 aliphatic rings. The molecule has 0 saturated heterocycles. The summed E-state index contributed by atoms with van der Waals surface area (Å²) in [6, 6.07) is 9.27. The maximum atomic E-state index is 11.0. The Morgan fingerprint density at radius 3 is 2.83 bits per heavy atom. The lowest BCUT2D eigenvalue weighted by molar-refractivity contribution is 0.0690. The number of carboxylic acids is 1. The van der Waals surface area contributed by atoms with Crippen LogP contribution in [-0.2, 0) is 6.42 Å². The molecule has 4 nitrogen and oxygen atoms in total. The number of nitrogens with zero attached hydrogens (tertiary/aromatic N) is 2. The third-order valence-corrected chi connectivity index (χ3v) is 3.05. The molecule has 0 aliphatic carbocycles. The first kappa shape index (κ1) is 12.8. The van der Waals surface area contributed by atoms with Crippen molar-refractivity contribution < 1.29 is 9.90 Å². The Hall–Kier alpha value is -1.62. The molecule has 0 saturated carbocycles. The predicted molar refractivity (Wildman–Crippen MR) is 72.2 cm³/mol. The SMILES string of the molecule is CCCc1cc(C(=O)O)nn1-c1cccc(Br)c1. The monoisotopic (exact) mass is 308 g/mol. The van der Waals surface area contributed by atoms with E-state index < -0.39 is 5.97 Å². The number of carbonyl (C=O) groups is 1. The van der Waals surface area contributed by atoms with Gasteiger partial charge in [-0.05, 0) is 30.7 Å². The second-order valence-corrected chi connectivity index (χ2v) is 4.88. The van der Waals surface area contributed by atoms with Crippen LogP contribution in [0.1, 0.15) is 29.5 Å². The van der Waals surface area contributed by atoms with Gasteiger partial charge in [-0.25, -0.2) is 9.48 Å². The van der Waals surface area contributed by atoms with Crippen LogP contribution >= 0.6 is 15.9 Å². The van der Waals surface area contributed by atoms with Crippen LogP contribution in [0.15, 0.2) is 34.8 Å². The standard InChI is InChI=1S/C13H13BrN2O2/c1-2-4-10-8-12(13(17)18)15-16(10)11-6-3-5-9(14)7-11/h3,5-8H,2,4H2,1H3,(H,17,18). The second-order valence-electron chi connectivity index (χ2n) is 3.97. The number of hydrogen-bond donors (Lipinski definition) is 1. The van der Waals surface area contributed by atoms with Gasteiger partial charge < -0.3 is 5.11 Å². The first-order valence-electron chi connectivity index (χ1n) is 5.70. The zero-order valence-electron chi connectivity index (χ0n) is 9.93. The van der Waals surface area contributed by atoms with Gasteiger partial charge in [0.1, 0.15) is 0 Å². The molecule has 0 unspecified atom stereocenters. The van der Waals surface area contributed by atoms with E-state index in [2.05, 4.69) is 28.0 Å². The average molecular weight is 309 g/mol. The van der Waals surface area contributed by atoms with Gasteiger partial charge in [0.15, 0.2) is 5.69 Å². The maximum Gasteiger partial charge on any atom is 0.356 e. The van der Waals surface area contributed by atoms with Crippen molar-refractivity contribution in [3.8, 4) is 5.69 Å². The van der Waals surface area contributed by atoms with E-state index in [1.165, 1.54) is 0 Å². The third-order valence-electron chi connectivity index (χ3n) is 2.56. The van der Waals surface area contributed by atoms with E-state index in [0.717, 1.165) is 28.7 Å². The molecule has 0 atom stereocenters. The van der Waals surface area contributed by atoms with Crippen LogP contribution in [0.3, 0.4) is 0 Å². The molecule has 1 heterocycles. The lowest BCUT2D eigenvalue weighted by Crippen LogP contribution is -2.03. The molecule has 0 bridgehead atoms. The van der Waals surface area contributed by atoms with Crippen molar-refractivity contribution in [3.63, 3.8) is 0 Å². The Bertz CT molecular complexity index is 578. The molecule has 5 heteroatoms. The van der Waals surface area contributed by atoms with Crippen molar-refractivity contribution >= 4 is 21.9 Å². The molecule has 2 aromatic rings. The molecule has 0 fully saturated rings. The van der Waals surface area contributed by atoms with Gasteiger partial charge in [-0.1, -0.05) is 35.3 Å². The zero-order chi connectivity index (χ0) is 13.1. The topological polar surface area (TPSA) is 55.1 Å². The number of halogens is 1. The third kappa shape index (κ3) is 2.61. The van der Waals surface area contributed by atoms with Crippen LogP contribution < -0.4 is 0 Å². The van der Waals surface area contributed by atoms with Gasteiger partial charge in [0.2, 0.25) is 0 Å². The fourth-order valence-electron chi connectivity index (χ4n) is 1.79. The normalized spacial score (nSPS) is 10.6. The Morgan fingerprint density at radius 2 is 2.22 bits per heavy atom. The molecule has 0 amide bonds. The summed E-state index contributed by atoms with van der Waals surface area (Å²) in [5.74, 6) is -0.999. The Balaban J connectivity index is 2.51. The highest BCUT2D eigenvalue weighted by atomic mass is 79.9. The van der Waals surface area contributed by atoms with Crippen LogP contribution in [0.25, 0.3) is 5.69 Å². The van der Waals surface area contributed by atoms with E-state index in [0.29, 0.717) is 0 Å². The van der Waals surface area contributed by atoms with Crippen molar-refractivity contribution in [2.75, 3.05) is 0 Å². The van der Waals surface area contributed by atoms with Crippen molar-refractivity contribution in [3.05, 3.63) is 46.2 Å². The number of rotatable bonds is 4. The Kier molecular flexibility index (Phi) is 3.81. The van der Waals surface area contributed by atoms with Crippen LogP contribution in [0.5, 0.6) is 0 Å². The van der Waals surface area contributed by atoms with Gasteiger partial charge in [-0.2, -0.15) is 5.10 Å². The molecule has 18 heavy (non-hydrogen) atoms. The first-order valence-corrected chi connectivity index (χ1v) is 6.49. The summed E-state index contributed by atoms with van der Waals surface area (Å²) in [6.45, 7) is 2.05. The Morgan fingerprint density at radius 1 is 1.44 bits per heavy atom. The van der Waals surface area contributed by atoms with Gasteiger partial charge in [0, 0.05) is 10.2 Å². The number of benzene rings is 1. The number of aromatic carboxylic acids is 1. The highest BCUT2D eigenvalue weighted by Crippen LogP contribution is 2.18. The maximum absolute atomic E-state index is 11.0. The van der Waals surface area contributed by atoms with Crippen LogP contribution in [0.2, 0.25) is 0 Å². The van der Waals surface area contributed by atoms with Gasteiger partial charge in [-0.15, -0.1) is 0 Å². The minimum absolute atomic E-state index is 0.0819. The molecular formula is C13H13BrN2O2. The summed E-state index contributed by atoms with van der Waals surface area (Å²) in [5, 5.41) is 13.1. The van der Waals surface area contributed by atoms with E-state index in [4.69, 9.17) is 5.11 Å². The van der Waals surface area contributed by atoms with Crippen LogP contribution in [-0.4, -0.2) is 20.9 Å². The second kappa shape index (κ2) is 5.35. The van der Waals surface area contributed by atoms with Crippen LogP contribution in [0, 0.1) is 0 Å². The summed E-state index contributed by atoms with van der Waals surface area (Å²) >= 11 is 3.40.